The lowest BCUT2D eigenvalue weighted by Crippen LogP contribution is -2.08. The summed E-state index contributed by atoms with van der Waals surface area (Å²) in [6.45, 7) is 1.22. The molecule has 0 aromatic heterocycles. The van der Waals surface area contributed by atoms with Gasteiger partial charge in [-0.2, -0.15) is 0 Å². The zero-order valence-electron chi connectivity index (χ0n) is 7.22. The fourth-order valence-electron chi connectivity index (χ4n) is 1.08. The van der Waals surface area contributed by atoms with Gasteiger partial charge < -0.3 is 14.6 Å². The molecule has 2 unspecified atom stereocenters. The number of aliphatic hydroxyl groups is 1. The van der Waals surface area contributed by atoms with Crippen LogP contribution in [0.25, 0.3) is 0 Å². The van der Waals surface area contributed by atoms with Crippen LogP contribution in [0.15, 0.2) is 30.3 Å². The van der Waals surface area contributed by atoms with Crippen LogP contribution in [0.4, 0.5) is 0 Å². The molecular weight excluding hydrogens is 168 g/mol. The van der Waals surface area contributed by atoms with E-state index in [4.69, 9.17) is 9.47 Å². The Morgan fingerprint density at radius 3 is 2.77 bits per heavy atom. The van der Waals surface area contributed by atoms with Crippen molar-refractivity contribution in [1.29, 1.82) is 0 Å². The van der Waals surface area contributed by atoms with Crippen molar-refractivity contribution in [3.63, 3.8) is 0 Å². The summed E-state index contributed by atoms with van der Waals surface area (Å²) in [4.78, 5) is 0. The quantitative estimate of drug-likeness (QED) is 0.557. The third-order valence-electron chi connectivity index (χ3n) is 1.93. The van der Waals surface area contributed by atoms with Crippen LogP contribution in [-0.2, 0) is 9.47 Å². The highest BCUT2D eigenvalue weighted by Gasteiger charge is 2.23. The summed E-state index contributed by atoms with van der Waals surface area (Å²) in [5.74, 6) is 0. The lowest BCUT2D eigenvalue weighted by atomic mass is 10.2. The van der Waals surface area contributed by atoms with Gasteiger partial charge in [-0.25, -0.2) is 0 Å². The zero-order chi connectivity index (χ0) is 9.10. The number of rotatable bonds is 4. The van der Waals surface area contributed by atoms with Crippen molar-refractivity contribution in [3.8, 4) is 0 Å². The van der Waals surface area contributed by atoms with E-state index in [0.717, 1.165) is 12.2 Å². The predicted octanol–water partition coefficient (Wildman–Crippen LogP) is 1.09. The maximum absolute atomic E-state index is 9.52. The van der Waals surface area contributed by atoms with Crippen LogP contribution in [0.1, 0.15) is 11.9 Å². The average molecular weight is 180 g/mol. The fraction of sp³-hybridized carbons (Fsp3) is 0.400. The van der Waals surface area contributed by atoms with E-state index in [0.29, 0.717) is 6.61 Å². The summed E-state index contributed by atoms with van der Waals surface area (Å²) in [5, 5.41) is 9.52. The minimum absolute atomic E-state index is 0.193. The van der Waals surface area contributed by atoms with Crippen LogP contribution in [0.5, 0.6) is 0 Å². The van der Waals surface area contributed by atoms with Crippen molar-refractivity contribution in [2.24, 2.45) is 0 Å². The number of ether oxygens (including phenoxy) is 2. The van der Waals surface area contributed by atoms with Crippen molar-refractivity contribution in [2.75, 3.05) is 13.2 Å². The molecule has 0 amide bonds. The van der Waals surface area contributed by atoms with E-state index in [1.807, 2.05) is 30.3 Å². The first-order valence-corrected chi connectivity index (χ1v) is 4.32. The molecule has 70 valence electrons. The van der Waals surface area contributed by atoms with Gasteiger partial charge in [-0.05, 0) is 0 Å². The maximum Gasteiger partial charge on any atom is 0.181 e. The van der Waals surface area contributed by atoms with Crippen LogP contribution >= 0.6 is 0 Å². The first-order chi connectivity index (χ1) is 6.36. The predicted molar refractivity (Wildman–Crippen MR) is 47.1 cm³/mol. The second kappa shape index (κ2) is 3.87. The largest absolute Gasteiger partial charge is 0.371 e. The van der Waals surface area contributed by atoms with Gasteiger partial charge in [0.15, 0.2) is 6.29 Å². The molecule has 1 aromatic carbocycles. The lowest BCUT2D eigenvalue weighted by molar-refractivity contribution is -0.106. The Morgan fingerprint density at radius 2 is 2.15 bits per heavy atom. The van der Waals surface area contributed by atoms with Crippen molar-refractivity contribution < 1.29 is 14.6 Å². The average Bonchev–Trinajstić information content (AvgIpc) is 2.99. The van der Waals surface area contributed by atoms with Crippen LogP contribution in [0.3, 0.4) is 0 Å². The molecule has 1 heterocycles. The van der Waals surface area contributed by atoms with Crippen LogP contribution in [0, 0.1) is 0 Å². The molecule has 1 aliphatic rings. The van der Waals surface area contributed by atoms with E-state index in [1.165, 1.54) is 0 Å². The molecule has 1 fully saturated rings. The molecule has 3 heteroatoms. The summed E-state index contributed by atoms with van der Waals surface area (Å²) in [7, 11) is 0. The monoisotopic (exact) mass is 180 g/mol. The molecule has 1 N–H and O–H groups in total. The second-order valence-electron chi connectivity index (χ2n) is 3.05. The van der Waals surface area contributed by atoms with E-state index < -0.39 is 6.29 Å². The highest BCUT2D eigenvalue weighted by atomic mass is 16.6. The SMILES string of the molecule is OC(OCC1CO1)c1ccccc1. The van der Waals surface area contributed by atoms with Gasteiger partial charge in [0.25, 0.3) is 0 Å². The standard InChI is InChI=1S/C10H12O3/c11-10(13-7-9-6-12-9)8-4-2-1-3-5-8/h1-5,9-11H,6-7H2. The molecule has 0 radical (unpaired) electrons. The molecule has 0 aliphatic carbocycles. The Morgan fingerprint density at radius 1 is 1.46 bits per heavy atom. The second-order valence-corrected chi connectivity index (χ2v) is 3.05. The van der Waals surface area contributed by atoms with Crippen molar-refractivity contribution in [1.82, 2.24) is 0 Å². The Bertz CT molecular complexity index is 256. The van der Waals surface area contributed by atoms with Gasteiger partial charge in [-0.15, -0.1) is 0 Å². The van der Waals surface area contributed by atoms with E-state index in [-0.39, 0.29) is 6.10 Å². The number of benzene rings is 1. The molecule has 2 rings (SSSR count). The van der Waals surface area contributed by atoms with Crippen molar-refractivity contribution in [2.45, 2.75) is 12.4 Å². The third-order valence-corrected chi connectivity index (χ3v) is 1.93. The molecule has 1 aromatic rings. The number of epoxide rings is 1. The Balaban J connectivity index is 1.85. The molecule has 0 spiro atoms. The van der Waals surface area contributed by atoms with Gasteiger partial charge in [0.2, 0.25) is 0 Å². The lowest BCUT2D eigenvalue weighted by Gasteiger charge is -2.10. The summed E-state index contributed by atoms with van der Waals surface area (Å²) in [6.07, 6.45) is -0.635. The fourth-order valence-corrected chi connectivity index (χ4v) is 1.08. The third kappa shape index (κ3) is 2.52. The molecule has 0 saturated carbocycles. The highest BCUT2D eigenvalue weighted by molar-refractivity contribution is 5.15. The van der Waals surface area contributed by atoms with Crippen LogP contribution < -0.4 is 0 Å². The summed E-state index contributed by atoms with van der Waals surface area (Å²) in [6, 6.07) is 9.31. The summed E-state index contributed by atoms with van der Waals surface area (Å²) >= 11 is 0. The molecule has 2 atom stereocenters. The number of aliphatic hydroxyl groups excluding tert-OH is 1. The Labute approximate surface area is 76.9 Å². The topological polar surface area (TPSA) is 42.0 Å². The highest BCUT2D eigenvalue weighted by Crippen LogP contribution is 2.17. The number of hydrogen-bond donors (Lipinski definition) is 1. The molecular formula is C10H12O3. The molecule has 3 nitrogen and oxygen atoms in total. The molecule has 13 heavy (non-hydrogen) atoms. The first-order valence-electron chi connectivity index (χ1n) is 4.32. The smallest absolute Gasteiger partial charge is 0.181 e. The molecule has 1 saturated heterocycles. The maximum atomic E-state index is 9.52. The zero-order valence-corrected chi connectivity index (χ0v) is 7.22. The van der Waals surface area contributed by atoms with E-state index in [9.17, 15) is 5.11 Å². The van der Waals surface area contributed by atoms with Gasteiger partial charge in [0, 0.05) is 5.56 Å². The van der Waals surface area contributed by atoms with Gasteiger partial charge in [-0.1, -0.05) is 30.3 Å². The summed E-state index contributed by atoms with van der Waals surface area (Å²) < 4.78 is 10.1. The van der Waals surface area contributed by atoms with Gasteiger partial charge in [0.1, 0.15) is 6.10 Å². The van der Waals surface area contributed by atoms with Gasteiger partial charge >= 0.3 is 0 Å². The van der Waals surface area contributed by atoms with Crippen LogP contribution in [0.2, 0.25) is 0 Å². The van der Waals surface area contributed by atoms with Crippen molar-refractivity contribution in [3.05, 3.63) is 35.9 Å². The van der Waals surface area contributed by atoms with E-state index >= 15 is 0 Å². The molecule has 1 aliphatic heterocycles. The number of hydrogen-bond acceptors (Lipinski definition) is 3. The normalized spacial score (nSPS) is 22.7. The van der Waals surface area contributed by atoms with Gasteiger partial charge in [0.05, 0.1) is 13.2 Å². The minimum Gasteiger partial charge on any atom is -0.371 e. The minimum atomic E-state index is -0.828. The summed E-state index contributed by atoms with van der Waals surface area (Å²) in [5.41, 5.74) is 0.781. The Kier molecular flexibility index (Phi) is 2.59. The van der Waals surface area contributed by atoms with Crippen LogP contribution in [-0.4, -0.2) is 24.4 Å². The Hall–Kier alpha value is -0.900. The van der Waals surface area contributed by atoms with Crippen molar-refractivity contribution >= 4 is 0 Å². The van der Waals surface area contributed by atoms with Gasteiger partial charge in [-0.3, -0.25) is 0 Å². The first kappa shape index (κ1) is 8.69. The molecule has 0 bridgehead atoms. The van der Waals surface area contributed by atoms with E-state index in [1.54, 1.807) is 0 Å². The van der Waals surface area contributed by atoms with E-state index in [2.05, 4.69) is 0 Å².